The first-order chi connectivity index (χ1) is 10.1. The van der Waals surface area contributed by atoms with E-state index in [1.165, 1.54) is 0 Å². The van der Waals surface area contributed by atoms with Crippen LogP contribution in [-0.4, -0.2) is 41.9 Å². The quantitative estimate of drug-likeness (QED) is 0.667. The minimum absolute atomic E-state index is 0.120. The fourth-order valence-corrected chi connectivity index (χ4v) is 3.43. The van der Waals surface area contributed by atoms with E-state index in [4.69, 9.17) is 0 Å². The fraction of sp³-hybridized carbons (Fsp3) is 0.438. The Hall–Kier alpha value is -1.59. The molecular weight excluding hydrogens is 263 g/mol. The molecule has 2 aliphatic heterocycles. The summed E-state index contributed by atoms with van der Waals surface area (Å²) in [7, 11) is -0.404. The number of rotatable bonds is 2. The van der Waals surface area contributed by atoms with E-state index in [1.807, 2.05) is 42.2 Å². The monoisotopic (exact) mass is 284 g/mol. The second-order valence-electron chi connectivity index (χ2n) is 5.79. The van der Waals surface area contributed by atoms with Gasteiger partial charge in [-0.2, -0.15) is 0 Å². The van der Waals surface area contributed by atoms with E-state index in [0.29, 0.717) is 0 Å². The predicted octanol–water partition coefficient (Wildman–Crippen LogP) is 2.01. The minimum Gasteiger partial charge on any atom is -0.437 e. The first kappa shape index (κ1) is 14.4. The lowest BCUT2D eigenvalue weighted by atomic mass is 9.82. The van der Waals surface area contributed by atoms with E-state index in [9.17, 15) is 9.82 Å². The van der Waals surface area contributed by atoms with Crippen molar-refractivity contribution in [3.8, 4) is 0 Å². The van der Waals surface area contributed by atoms with Crippen molar-refractivity contribution in [2.75, 3.05) is 18.0 Å². The molecule has 0 atom stereocenters. The Morgan fingerprint density at radius 3 is 2.57 bits per heavy atom. The zero-order chi connectivity index (χ0) is 15.0. The van der Waals surface area contributed by atoms with Crippen LogP contribution in [0.2, 0.25) is 6.82 Å². The molecule has 2 aliphatic rings. The number of fused-ring (bicyclic) bond motifs is 1. The summed E-state index contributed by atoms with van der Waals surface area (Å²) in [5.74, 6) is 0.120. The number of para-hydroxylation sites is 1. The van der Waals surface area contributed by atoms with Crippen LogP contribution in [0.15, 0.2) is 30.3 Å². The number of nitrogens with zero attached hydrogens (tertiary/aromatic N) is 2. The van der Waals surface area contributed by atoms with Gasteiger partial charge in [0, 0.05) is 17.2 Å². The molecule has 4 nitrogen and oxygen atoms in total. The van der Waals surface area contributed by atoms with Crippen LogP contribution in [0.1, 0.15) is 25.3 Å². The van der Waals surface area contributed by atoms with Gasteiger partial charge in [-0.1, -0.05) is 24.3 Å². The zero-order valence-corrected chi connectivity index (χ0v) is 12.6. The van der Waals surface area contributed by atoms with E-state index in [0.717, 1.165) is 42.8 Å². The summed E-state index contributed by atoms with van der Waals surface area (Å²) in [6, 6.07) is 8.25. The van der Waals surface area contributed by atoms with Gasteiger partial charge < -0.3 is 14.7 Å². The smallest absolute Gasteiger partial charge is 0.376 e. The topological polar surface area (TPSA) is 43.8 Å². The first-order valence-corrected chi connectivity index (χ1v) is 7.65. The number of amides is 1. The summed E-state index contributed by atoms with van der Waals surface area (Å²) in [6.45, 7) is 5.39. The van der Waals surface area contributed by atoms with Crippen LogP contribution in [0, 0.1) is 0 Å². The molecule has 1 saturated heterocycles. The minimum atomic E-state index is -0.404. The summed E-state index contributed by atoms with van der Waals surface area (Å²) < 4.78 is 0. The predicted molar refractivity (Wildman–Crippen MR) is 86.0 cm³/mol. The molecule has 1 fully saturated rings. The number of hydrogen-bond donors (Lipinski definition) is 1. The summed E-state index contributed by atoms with van der Waals surface area (Å²) in [5, 5.41) is 9.65. The largest absolute Gasteiger partial charge is 0.437 e. The van der Waals surface area contributed by atoms with E-state index >= 15 is 0 Å². The van der Waals surface area contributed by atoms with Crippen LogP contribution < -0.4 is 4.90 Å². The zero-order valence-electron chi connectivity index (χ0n) is 12.6. The van der Waals surface area contributed by atoms with Crippen molar-refractivity contribution in [3.05, 3.63) is 35.9 Å². The summed E-state index contributed by atoms with van der Waals surface area (Å²) in [4.78, 5) is 16.7. The molecule has 1 amide bonds. The maximum Gasteiger partial charge on any atom is 0.376 e. The Balaban J connectivity index is 1.85. The number of carbonyl (C=O) groups excluding carboxylic acids is 1. The molecule has 0 saturated carbocycles. The Kier molecular flexibility index (Phi) is 3.87. The third-order valence-electron chi connectivity index (χ3n) is 4.58. The highest BCUT2D eigenvalue weighted by Gasteiger charge is 2.38. The van der Waals surface area contributed by atoms with Gasteiger partial charge in [0.1, 0.15) is 0 Å². The molecule has 21 heavy (non-hydrogen) atoms. The highest BCUT2D eigenvalue weighted by molar-refractivity contribution is 6.45. The van der Waals surface area contributed by atoms with Gasteiger partial charge in [-0.15, -0.1) is 0 Å². The molecule has 0 bridgehead atoms. The summed E-state index contributed by atoms with van der Waals surface area (Å²) in [6.07, 6.45) is 3.72. The molecule has 110 valence electrons. The molecule has 0 aromatic heterocycles. The first-order valence-electron chi connectivity index (χ1n) is 7.65. The third-order valence-corrected chi connectivity index (χ3v) is 4.58. The third kappa shape index (κ3) is 2.41. The second-order valence-corrected chi connectivity index (χ2v) is 5.79. The van der Waals surface area contributed by atoms with Crippen LogP contribution in [0.4, 0.5) is 5.69 Å². The van der Waals surface area contributed by atoms with Gasteiger partial charge in [0.25, 0.3) is 5.91 Å². The Morgan fingerprint density at radius 2 is 1.95 bits per heavy atom. The van der Waals surface area contributed by atoms with Crippen molar-refractivity contribution in [2.24, 2.45) is 0 Å². The van der Waals surface area contributed by atoms with Gasteiger partial charge in [-0.3, -0.25) is 4.79 Å². The molecular formula is C16H21BN2O2. The highest BCUT2D eigenvalue weighted by atomic mass is 16.2. The normalized spacial score (nSPS) is 22.0. The molecule has 5 heteroatoms. The highest BCUT2D eigenvalue weighted by Crippen LogP contribution is 2.39. The van der Waals surface area contributed by atoms with E-state index < -0.39 is 7.05 Å². The number of anilines is 1. The SMILES string of the molecule is C/C=C1\C(=O)N(C2CCN(B(C)O)CC2)c2ccccc21. The van der Waals surface area contributed by atoms with Gasteiger partial charge in [0.15, 0.2) is 0 Å². The van der Waals surface area contributed by atoms with Gasteiger partial charge in [0.05, 0.1) is 5.69 Å². The maximum atomic E-state index is 12.7. The summed E-state index contributed by atoms with van der Waals surface area (Å²) in [5.41, 5.74) is 2.89. The van der Waals surface area contributed by atoms with Crippen LogP contribution in [0.25, 0.3) is 5.57 Å². The average Bonchev–Trinajstić information content (AvgIpc) is 2.78. The lowest BCUT2D eigenvalue weighted by molar-refractivity contribution is -0.113. The number of carbonyl (C=O) groups is 1. The van der Waals surface area contributed by atoms with Crippen LogP contribution in [0.5, 0.6) is 0 Å². The van der Waals surface area contributed by atoms with Gasteiger partial charge >= 0.3 is 7.05 Å². The number of hydrogen-bond acceptors (Lipinski definition) is 3. The molecule has 1 N–H and O–H groups in total. The second kappa shape index (κ2) is 5.66. The van der Waals surface area contributed by atoms with Crippen LogP contribution in [-0.2, 0) is 4.79 Å². The average molecular weight is 284 g/mol. The maximum absolute atomic E-state index is 12.7. The molecule has 2 heterocycles. The lowest BCUT2D eigenvalue weighted by Crippen LogP contribution is -2.50. The molecule has 3 rings (SSSR count). The molecule has 0 unspecified atom stereocenters. The van der Waals surface area contributed by atoms with Crippen molar-refractivity contribution < 1.29 is 9.82 Å². The van der Waals surface area contributed by atoms with Crippen LogP contribution >= 0.6 is 0 Å². The number of allylic oxidation sites excluding steroid dienone is 1. The van der Waals surface area contributed by atoms with Crippen molar-refractivity contribution in [3.63, 3.8) is 0 Å². The Morgan fingerprint density at radius 1 is 1.29 bits per heavy atom. The Bertz CT molecular complexity index is 577. The van der Waals surface area contributed by atoms with Crippen molar-refractivity contribution in [2.45, 2.75) is 32.6 Å². The van der Waals surface area contributed by atoms with Gasteiger partial charge in [-0.05, 0) is 45.7 Å². The molecule has 0 aliphatic carbocycles. The molecule has 1 aromatic rings. The fourth-order valence-electron chi connectivity index (χ4n) is 3.43. The van der Waals surface area contributed by atoms with E-state index in [2.05, 4.69) is 4.81 Å². The number of benzene rings is 1. The Labute approximate surface area is 126 Å². The van der Waals surface area contributed by atoms with E-state index in [-0.39, 0.29) is 11.9 Å². The van der Waals surface area contributed by atoms with Crippen molar-refractivity contribution >= 4 is 24.2 Å². The summed E-state index contributed by atoms with van der Waals surface area (Å²) >= 11 is 0. The van der Waals surface area contributed by atoms with Gasteiger partial charge in [-0.25, -0.2) is 0 Å². The molecule has 0 spiro atoms. The molecule has 1 aromatic carbocycles. The molecule has 0 radical (unpaired) electrons. The van der Waals surface area contributed by atoms with E-state index in [1.54, 1.807) is 6.82 Å². The lowest BCUT2D eigenvalue weighted by Gasteiger charge is -2.37. The van der Waals surface area contributed by atoms with Crippen molar-refractivity contribution in [1.29, 1.82) is 0 Å². The van der Waals surface area contributed by atoms with Crippen molar-refractivity contribution in [1.82, 2.24) is 4.81 Å². The standard InChI is InChI=1S/C16H21BN2O2/c1-3-13-14-6-4-5-7-15(14)19(16(13)20)12-8-10-18(11-9-12)17(2)21/h3-7,12,21H,8-11H2,1-2H3/b13-3-. The number of piperidine rings is 1. The van der Waals surface area contributed by atoms with Gasteiger partial charge in [0.2, 0.25) is 0 Å². The van der Waals surface area contributed by atoms with Crippen LogP contribution in [0.3, 0.4) is 0 Å².